The molecule has 12 rings (SSSR count). The fourth-order valence-corrected chi connectivity index (χ4v) is 18.7. The van der Waals surface area contributed by atoms with Crippen LogP contribution in [0.25, 0.3) is 17.3 Å². The second kappa shape index (κ2) is 29.9. The van der Waals surface area contributed by atoms with Crippen molar-refractivity contribution >= 4 is 80.6 Å². The van der Waals surface area contributed by atoms with E-state index < -0.39 is 111 Å². The van der Waals surface area contributed by atoms with Crippen molar-refractivity contribution in [1.82, 2.24) is 14.7 Å². The molecule has 12 atom stereocenters. The highest BCUT2D eigenvalue weighted by atomic mass is 16.4. The highest BCUT2D eigenvalue weighted by Crippen LogP contribution is 2.59. The Morgan fingerprint density at radius 1 is 0.464 bits per heavy atom. The Bertz CT molecular complexity index is 4570. The first-order chi connectivity index (χ1) is 50.4. The zero-order valence-electron chi connectivity index (χ0n) is 66.7. The molecule has 0 heterocycles. The average molecular weight is 1530 g/mol. The predicted molar refractivity (Wildman–Crippen MR) is 422 cm³/mol. The number of carbonyl (C=O) groups excluding carboxylic acids is 7. The zero-order valence-corrected chi connectivity index (χ0v) is 66.7. The predicted octanol–water partition coefficient (Wildman–Crippen LogP) is 9.46. The number of ketones is 6. The van der Waals surface area contributed by atoms with Gasteiger partial charge >= 0.3 is 0 Å². The third-order valence-electron chi connectivity index (χ3n) is 24.2. The maximum absolute atomic E-state index is 14.0. The SMILES string of the molecule is C.CC1=C(O)[C@@]2(O)C(=O)C3=C(O)c4c(O)c(CCCC(C)(C)C)cc(N(C)C)c4C[C@H]3C[C@H]2[C@H](N(C)C)C1=O.CC1=C(O)[C@@]2(O)C(=O)C3=C(O)c4c(O)c(NC(=O)CCC(C)(C)C)cc(N(C)C)c4C[C@H]3C[C@H]2[C@H](N(C)C)C1=O.CC1=C(O)[C@@]2(O)C(=O)C3=C(O)c4c(O)ccc(N(C)C)c4C[C@H]3C[C@H]2[C@H](N(C)C)C1=O. The lowest BCUT2D eigenvalue weighted by Crippen LogP contribution is -2.64. The number of nitrogens with one attached hydrogen (secondary N) is 1. The number of phenolic OH excluding ortho intramolecular Hbond substituents is 3. The van der Waals surface area contributed by atoms with Gasteiger partial charge < -0.3 is 81.3 Å². The molecule has 3 saturated carbocycles. The van der Waals surface area contributed by atoms with Gasteiger partial charge in [-0.2, -0.15) is 0 Å². The first kappa shape index (κ1) is 85.0. The topological polar surface area (TPSA) is 394 Å². The molecule has 0 radical (unpaired) electrons. The van der Waals surface area contributed by atoms with Crippen molar-refractivity contribution in [2.24, 2.45) is 46.3 Å². The summed E-state index contributed by atoms with van der Waals surface area (Å²) in [4.78, 5) is 104. The van der Waals surface area contributed by atoms with E-state index in [0.29, 0.717) is 48.1 Å². The third kappa shape index (κ3) is 13.7. The minimum absolute atomic E-state index is 0. The Morgan fingerprint density at radius 2 is 0.791 bits per heavy atom. The standard InChI is InChI=1S/C30H41N3O7.C30H42N2O6.C23H28N2O6.CH4/c1-14-24(35)23(33(7)8)17-12-15-11-16-19(32(5)6)13-18(31-20(34)9-10-29(2,3)4)25(36)22(16)26(37)21(15)28(39)30(17,40)27(14)38;1-15-24(33)23(32(7)8)19-13-17-12-18-20(31(5)6)14-16(10-9-11-29(2,3)4)25(34)22(18)26(35)21(17)28(37)30(19,38)27(15)36;1-10-19(27)18(25(4)5)13-9-11-8-12-14(24(2)3)6-7-15(26)17(12)20(28)16(11)22(30)23(13,31)21(10)29;/h13,15,17,23,36-38,40H,9-12H2,1-8H3,(H,31,34);14,17,19,23,34-36,38H,9-13H2,1-8H3;6-7,11,13,18,26,28-29,31H,8-9H2,1-5H3;1H4/t15-,17-,23-,30+;17-,19-,23-,30+;11-,13-,18-,23+;/m000./s1. The molecule has 600 valence electrons. The summed E-state index contributed by atoms with van der Waals surface area (Å²) in [7, 11) is 21.3. The number of aryl methyl sites for hydroxylation is 1. The van der Waals surface area contributed by atoms with Crippen LogP contribution in [0.3, 0.4) is 0 Å². The van der Waals surface area contributed by atoms with Gasteiger partial charge in [0, 0.05) is 117 Å². The lowest BCUT2D eigenvalue weighted by molar-refractivity contribution is -0.154. The van der Waals surface area contributed by atoms with E-state index in [1.54, 1.807) is 88.1 Å². The van der Waals surface area contributed by atoms with Crippen molar-refractivity contribution < 1.29 is 94.8 Å². The van der Waals surface area contributed by atoms with E-state index in [0.717, 1.165) is 29.8 Å². The number of aliphatic hydroxyl groups excluding tert-OH is 6. The summed E-state index contributed by atoms with van der Waals surface area (Å²) in [6.07, 6.45) is 4.80. The van der Waals surface area contributed by atoms with Crippen LogP contribution in [0, 0.1) is 46.3 Å². The number of aromatic hydroxyl groups is 3. The van der Waals surface area contributed by atoms with E-state index in [1.165, 1.54) is 26.8 Å². The molecule has 1 amide bonds. The maximum Gasteiger partial charge on any atom is 0.224 e. The van der Waals surface area contributed by atoms with Crippen LogP contribution in [0.2, 0.25) is 0 Å². The quantitative estimate of drug-likeness (QED) is 0.0750. The molecule has 110 heavy (non-hydrogen) atoms. The van der Waals surface area contributed by atoms with Gasteiger partial charge in [0.2, 0.25) is 23.3 Å². The normalized spacial score (nSPS) is 27.7. The molecule has 3 aromatic rings. The number of hydrogen-bond acceptors (Lipinski definition) is 25. The number of anilines is 4. The molecule has 26 heteroatoms. The monoisotopic (exact) mass is 1530 g/mol. The molecular formula is C84H115N7O19. The number of carbonyl (C=O) groups is 7. The first-order valence-electron chi connectivity index (χ1n) is 37.2. The van der Waals surface area contributed by atoms with Gasteiger partial charge in [-0.3, -0.25) is 48.3 Å². The highest BCUT2D eigenvalue weighted by Gasteiger charge is 2.66. The number of aliphatic hydroxyl groups is 9. The number of likely N-dealkylation sites (N-methyl/N-ethyl adjacent to an activating group) is 3. The molecule has 0 spiro atoms. The van der Waals surface area contributed by atoms with Gasteiger partial charge in [-0.1, -0.05) is 49.0 Å². The summed E-state index contributed by atoms with van der Waals surface area (Å²) in [6, 6.07) is 4.39. The van der Waals surface area contributed by atoms with Crippen molar-refractivity contribution in [3.05, 3.63) is 114 Å². The Morgan fingerprint density at radius 3 is 1.13 bits per heavy atom. The highest BCUT2D eigenvalue weighted by molar-refractivity contribution is 6.17. The molecule has 9 aliphatic rings. The number of phenols is 3. The summed E-state index contributed by atoms with van der Waals surface area (Å²) in [5.41, 5.74) is -1.76. The Balaban J connectivity index is 0.000000190. The van der Waals surface area contributed by atoms with Gasteiger partial charge in [-0.15, -0.1) is 0 Å². The average Bonchev–Trinajstić information content (AvgIpc) is 0.710. The summed E-state index contributed by atoms with van der Waals surface area (Å²) in [6.45, 7) is 16.7. The maximum atomic E-state index is 14.0. The molecule has 13 N–H and O–H groups in total. The van der Waals surface area contributed by atoms with Crippen molar-refractivity contribution in [3.8, 4) is 17.2 Å². The van der Waals surface area contributed by atoms with Crippen LogP contribution in [0.1, 0.15) is 154 Å². The second-order valence-corrected chi connectivity index (χ2v) is 35.1. The van der Waals surface area contributed by atoms with Crippen LogP contribution in [0.4, 0.5) is 22.7 Å². The summed E-state index contributed by atoms with van der Waals surface area (Å²) in [5.74, 6) is -11.8. The lowest BCUT2D eigenvalue weighted by Gasteiger charge is -2.50. The van der Waals surface area contributed by atoms with Crippen LogP contribution in [-0.4, -0.2) is 236 Å². The summed E-state index contributed by atoms with van der Waals surface area (Å²) < 4.78 is 0. The molecular weight excluding hydrogens is 1410 g/mol. The molecule has 3 aromatic carbocycles. The lowest BCUT2D eigenvalue weighted by atomic mass is 9.57. The van der Waals surface area contributed by atoms with Gasteiger partial charge in [0.1, 0.15) is 51.8 Å². The van der Waals surface area contributed by atoms with Gasteiger partial charge in [-0.25, -0.2) is 0 Å². The van der Waals surface area contributed by atoms with Crippen LogP contribution < -0.4 is 20.0 Å². The van der Waals surface area contributed by atoms with E-state index in [4.69, 9.17) is 0 Å². The van der Waals surface area contributed by atoms with E-state index in [-0.39, 0.29) is 158 Å². The van der Waals surface area contributed by atoms with Gasteiger partial charge in [-0.05, 0) is 202 Å². The van der Waals surface area contributed by atoms with E-state index >= 15 is 0 Å². The molecule has 26 nitrogen and oxygen atoms in total. The molecule has 0 saturated heterocycles. The third-order valence-corrected chi connectivity index (χ3v) is 24.2. The number of amides is 1. The Labute approximate surface area is 644 Å². The van der Waals surface area contributed by atoms with Crippen molar-refractivity contribution in [3.63, 3.8) is 0 Å². The van der Waals surface area contributed by atoms with E-state index in [2.05, 4.69) is 26.1 Å². The summed E-state index contributed by atoms with van der Waals surface area (Å²) in [5, 5.41) is 138. The van der Waals surface area contributed by atoms with Crippen LogP contribution in [0.15, 0.2) is 75.0 Å². The van der Waals surface area contributed by atoms with Crippen molar-refractivity contribution in [2.75, 3.05) is 105 Å². The van der Waals surface area contributed by atoms with Crippen molar-refractivity contribution in [1.29, 1.82) is 0 Å². The minimum atomic E-state index is -2.40. The first-order valence-corrected chi connectivity index (χ1v) is 37.2. The Kier molecular flexibility index (Phi) is 23.1. The van der Waals surface area contributed by atoms with Crippen LogP contribution in [-0.2, 0) is 59.2 Å². The fraction of sp³-hybridized carbons (Fsp3) is 0.560. The molecule has 9 aliphatic carbocycles. The molecule has 3 fully saturated rings. The van der Waals surface area contributed by atoms with Crippen LogP contribution >= 0.6 is 0 Å². The number of nitrogens with zero attached hydrogens (tertiary/aromatic N) is 6. The molecule has 0 bridgehead atoms. The number of rotatable bonds is 12. The second-order valence-electron chi connectivity index (χ2n) is 35.1. The smallest absolute Gasteiger partial charge is 0.224 e. The van der Waals surface area contributed by atoms with Crippen molar-refractivity contribution in [2.45, 2.75) is 175 Å². The molecule has 0 unspecified atom stereocenters. The zero-order chi connectivity index (χ0) is 81.5. The number of Topliss-reactive ketones (excluding diaryl/α,β-unsaturated/α-hetero) is 6. The van der Waals surface area contributed by atoms with E-state index in [1.807, 2.05) is 64.8 Å². The summed E-state index contributed by atoms with van der Waals surface area (Å²) >= 11 is 0. The molecule has 0 aliphatic heterocycles. The van der Waals surface area contributed by atoms with Gasteiger partial charge in [0.25, 0.3) is 0 Å². The molecule has 0 aromatic heterocycles. The largest absolute Gasteiger partial charge is 0.508 e. The van der Waals surface area contributed by atoms with E-state index in [9.17, 15) is 94.8 Å². The fourth-order valence-electron chi connectivity index (χ4n) is 18.7. The number of benzene rings is 3. The number of fused-ring (bicyclic) bond motifs is 9. The van der Waals surface area contributed by atoms with Crippen LogP contribution in [0.5, 0.6) is 17.2 Å². The minimum Gasteiger partial charge on any atom is -0.508 e. The van der Waals surface area contributed by atoms with Gasteiger partial charge in [0.05, 0.1) is 40.5 Å². The number of hydrogen-bond donors (Lipinski definition) is 13. The van der Waals surface area contributed by atoms with Gasteiger partial charge in [0.15, 0.2) is 34.2 Å². The Hall–Kier alpha value is -9.05.